The van der Waals surface area contributed by atoms with Crippen LogP contribution in [-0.2, 0) is 11.3 Å². The average molecular weight is 391 g/mol. The number of fused-ring (bicyclic) bond motifs is 1. The number of carbonyl (C=O) groups is 1. The standard InChI is InChI=1S/C21H17N3O3S/c25-19(22-15-7-2-1-3-8-15)14-28-21-23-18-11-5-4-10-17(18)20(26)24(21)13-16-9-6-12-27-16/h1-12H,13-14H2,(H,22,25). The minimum atomic E-state index is -0.164. The van der Waals surface area contributed by atoms with Crippen molar-refractivity contribution in [3.05, 3.63) is 89.1 Å². The number of nitrogens with zero attached hydrogens (tertiary/aromatic N) is 2. The fourth-order valence-corrected chi connectivity index (χ4v) is 3.60. The number of aromatic nitrogens is 2. The molecular weight excluding hydrogens is 374 g/mol. The van der Waals surface area contributed by atoms with E-state index in [2.05, 4.69) is 10.3 Å². The average Bonchev–Trinajstić information content (AvgIpc) is 3.23. The highest BCUT2D eigenvalue weighted by Crippen LogP contribution is 2.19. The lowest BCUT2D eigenvalue weighted by Crippen LogP contribution is -2.24. The van der Waals surface area contributed by atoms with Crippen LogP contribution >= 0.6 is 11.8 Å². The van der Waals surface area contributed by atoms with Crippen molar-refractivity contribution in [2.45, 2.75) is 11.7 Å². The lowest BCUT2D eigenvalue weighted by Gasteiger charge is -2.12. The molecule has 2 aromatic carbocycles. The van der Waals surface area contributed by atoms with Gasteiger partial charge in [-0.1, -0.05) is 42.1 Å². The first kappa shape index (κ1) is 18.1. The van der Waals surface area contributed by atoms with Gasteiger partial charge in [0.25, 0.3) is 5.56 Å². The van der Waals surface area contributed by atoms with Crippen LogP contribution in [-0.4, -0.2) is 21.2 Å². The van der Waals surface area contributed by atoms with Gasteiger partial charge in [-0.3, -0.25) is 14.2 Å². The monoisotopic (exact) mass is 391 g/mol. The first-order valence-electron chi connectivity index (χ1n) is 8.70. The number of hydrogen-bond donors (Lipinski definition) is 1. The summed E-state index contributed by atoms with van der Waals surface area (Å²) < 4.78 is 6.93. The third-order valence-corrected chi connectivity index (χ3v) is 5.09. The number of amides is 1. The molecule has 0 fully saturated rings. The summed E-state index contributed by atoms with van der Waals surface area (Å²) in [6.07, 6.45) is 1.56. The molecule has 4 rings (SSSR count). The molecule has 0 bridgehead atoms. The van der Waals surface area contributed by atoms with Gasteiger partial charge in [-0.2, -0.15) is 0 Å². The van der Waals surface area contributed by atoms with E-state index in [0.29, 0.717) is 21.8 Å². The van der Waals surface area contributed by atoms with Crippen LogP contribution in [0, 0.1) is 0 Å². The third kappa shape index (κ3) is 3.99. The van der Waals surface area contributed by atoms with Crippen LogP contribution in [0.3, 0.4) is 0 Å². The van der Waals surface area contributed by atoms with Crippen molar-refractivity contribution < 1.29 is 9.21 Å². The Hall–Kier alpha value is -3.32. The Morgan fingerprint density at radius 2 is 1.82 bits per heavy atom. The molecule has 28 heavy (non-hydrogen) atoms. The largest absolute Gasteiger partial charge is 0.467 e. The smallest absolute Gasteiger partial charge is 0.262 e. The van der Waals surface area contributed by atoms with E-state index in [0.717, 1.165) is 5.69 Å². The Morgan fingerprint density at radius 3 is 2.61 bits per heavy atom. The summed E-state index contributed by atoms with van der Waals surface area (Å²) >= 11 is 1.22. The molecule has 140 valence electrons. The second-order valence-corrected chi connectivity index (χ2v) is 7.03. The number of furan rings is 1. The van der Waals surface area contributed by atoms with Gasteiger partial charge in [-0.25, -0.2) is 4.98 Å². The molecule has 6 nitrogen and oxygen atoms in total. The zero-order valence-electron chi connectivity index (χ0n) is 14.9. The molecule has 0 atom stereocenters. The van der Waals surface area contributed by atoms with Crippen molar-refractivity contribution in [1.82, 2.24) is 9.55 Å². The highest BCUT2D eigenvalue weighted by atomic mass is 32.2. The Bertz CT molecular complexity index is 1150. The van der Waals surface area contributed by atoms with Crippen LogP contribution in [0.4, 0.5) is 5.69 Å². The summed E-state index contributed by atoms with van der Waals surface area (Å²) in [6.45, 7) is 0.256. The number of nitrogens with one attached hydrogen (secondary N) is 1. The second-order valence-electron chi connectivity index (χ2n) is 6.09. The number of benzene rings is 2. The Labute approximate surface area is 165 Å². The first-order valence-corrected chi connectivity index (χ1v) is 9.69. The van der Waals surface area contributed by atoms with E-state index in [1.54, 1.807) is 35.1 Å². The molecule has 0 saturated heterocycles. The molecule has 0 radical (unpaired) electrons. The van der Waals surface area contributed by atoms with Crippen LogP contribution in [0.25, 0.3) is 10.9 Å². The maximum atomic E-state index is 13.0. The molecule has 0 aliphatic carbocycles. The van der Waals surface area contributed by atoms with Gasteiger partial charge in [0.1, 0.15) is 5.76 Å². The predicted molar refractivity (Wildman–Crippen MR) is 110 cm³/mol. The quantitative estimate of drug-likeness (QED) is 0.400. The van der Waals surface area contributed by atoms with E-state index < -0.39 is 0 Å². The van der Waals surface area contributed by atoms with Crippen molar-refractivity contribution in [3.8, 4) is 0 Å². The zero-order valence-corrected chi connectivity index (χ0v) is 15.7. The number of para-hydroxylation sites is 2. The number of anilines is 1. The Morgan fingerprint density at radius 1 is 1.04 bits per heavy atom. The zero-order chi connectivity index (χ0) is 19.3. The van der Waals surface area contributed by atoms with Crippen molar-refractivity contribution in [1.29, 1.82) is 0 Å². The summed E-state index contributed by atoms with van der Waals surface area (Å²) in [5.41, 5.74) is 1.18. The Kier molecular flexibility index (Phi) is 5.25. The number of hydrogen-bond acceptors (Lipinski definition) is 5. The van der Waals surface area contributed by atoms with Crippen LogP contribution < -0.4 is 10.9 Å². The molecule has 0 aliphatic rings. The van der Waals surface area contributed by atoms with Crippen LogP contribution in [0.2, 0.25) is 0 Å². The molecule has 4 aromatic rings. The van der Waals surface area contributed by atoms with Gasteiger partial charge in [0, 0.05) is 5.69 Å². The normalized spacial score (nSPS) is 10.9. The highest BCUT2D eigenvalue weighted by Gasteiger charge is 2.14. The molecule has 7 heteroatoms. The van der Waals surface area contributed by atoms with Gasteiger partial charge < -0.3 is 9.73 Å². The summed E-state index contributed by atoms with van der Waals surface area (Å²) in [4.78, 5) is 29.9. The molecule has 1 N–H and O–H groups in total. The predicted octanol–water partition coefficient (Wildman–Crippen LogP) is 3.77. The lowest BCUT2D eigenvalue weighted by molar-refractivity contribution is -0.113. The van der Waals surface area contributed by atoms with Crippen molar-refractivity contribution in [3.63, 3.8) is 0 Å². The van der Waals surface area contributed by atoms with E-state index in [-0.39, 0.29) is 23.8 Å². The molecule has 2 aromatic heterocycles. The molecule has 1 amide bonds. The highest BCUT2D eigenvalue weighted by molar-refractivity contribution is 7.99. The van der Waals surface area contributed by atoms with Crippen LogP contribution in [0.5, 0.6) is 0 Å². The molecule has 0 aliphatic heterocycles. The van der Waals surface area contributed by atoms with Crippen molar-refractivity contribution in [2.24, 2.45) is 0 Å². The maximum absolute atomic E-state index is 13.0. The van der Waals surface area contributed by atoms with E-state index in [4.69, 9.17) is 4.42 Å². The maximum Gasteiger partial charge on any atom is 0.262 e. The minimum absolute atomic E-state index is 0.137. The summed E-state index contributed by atoms with van der Waals surface area (Å²) in [5.74, 6) is 0.621. The molecule has 0 spiro atoms. The molecule has 0 unspecified atom stereocenters. The molecule has 2 heterocycles. The van der Waals surface area contributed by atoms with Crippen LogP contribution in [0.15, 0.2) is 87.4 Å². The first-order chi connectivity index (χ1) is 13.7. The second kappa shape index (κ2) is 8.14. The van der Waals surface area contributed by atoms with Crippen molar-refractivity contribution in [2.75, 3.05) is 11.1 Å². The van der Waals surface area contributed by atoms with Gasteiger partial charge in [0.15, 0.2) is 5.16 Å². The summed E-state index contributed by atoms with van der Waals surface area (Å²) in [5, 5.41) is 3.85. The van der Waals surface area contributed by atoms with Gasteiger partial charge >= 0.3 is 0 Å². The van der Waals surface area contributed by atoms with E-state index in [1.165, 1.54) is 11.8 Å². The fourth-order valence-electron chi connectivity index (χ4n) is 2.80. The number of rotatable bonds is 6. The SMILES string of the molecule is O=C(CSc1nc2ccccc2c(=O)n1Cc1ccco1)Nc1ccccc1. The minimum Gasteiger partial charge on any atom is -0.467 e. The number of thioether (sulfide) groups is 1. The van der Waals surface area contributed by atoms with E-state index >= 15 is 0 Å². The van der Waals surface area contributed by atoms with Gasteiger partial charge in [-0.05, 0) is 36.4 Å². The molecular formula is C21H17N3O3S. The topological polar surface area (TPSA) is 77.1 Å². The summed E-state index contributed by atoms with van der Waals surface area (Å²) in [6, 6.07) is 20.0. The van der Waals surface area contributed by atoms with Gasteiger partial charge in [-0.15, -0.1) is 0 Å². The molecule has 0 saturated carbocycles. The lowest BCUT2D eigenvalue weighted by atomic mass is 10.2. The van der Waals surface area contributed by atoms with E-state index in [9.17, 15) is 9.59 Å². The van der Waals surface area contributed by atoms with Crippen LogP contribution in [0.1, 0.15) is 5.76 Å². The van der Waals surface area contributed by atoms with Crippen molar-refractivity contribution >= 4 is 34.3 Å². The Balaban J connectivity index is 1.61. The third-order valence-electron chi connectivity index (χ3n) is 4.11. The summed E-state index contributed by atoms with van der Waals surface area (Å²) in [7, 11) is 0. The van der Waals surface area contributed by atoms with E-state index in [1.807, 2.05) is 42.5 Å². The van der Waals surface area contributed by atoms with Gasteiger partial charge in [0.2, 0.25) is 5.91 Å². The van der Waals surface area contributed by atoms with Gasteiger partial charge in [0.05, 0.1) is 29.5 Å². The fraction of sp³-hybridized carbons (Fsp3) is 0.0952. The number of carbonyl (C=O) groups excluding carboxylic acids is 1.